The minimum absolute atomic E-state index is 0.0917. The predicted molar refractivity (Wildman–Crippen MR) is 88.7 cm³/mol. The molecule has 130 valence electrons. The van der Waals surface area contributed by atoms with Gasteiger partial charge in [-0.1, -0.05) is 55.4 Å². The molecule has 0 aliphatic rings. The van der Waals surface area contributed by atoms with Crippen molar-refractivity contribution in [1.29, 1.82) is 0 Å². The Morgan fingerprint density at radius 2 is 1.41 bits per heavy atom. The van der Waals surface area contributed by atoms with E-state index < -0.39 is 12.1 Å². The van der Waals surface area contributed by atoms with E-state index in [1.807, 2.05) is 6.92 Å². The molecule has 1 N–H and O–H groups in total. The van der Waals surface area contributed by atoms with Crippen LogP contribution in [0.2, 0.25) is 0 Å². The summed E-state index contributed by atoms with van der Waals surface area (Å²) in [6, 6.07) is 0. The van der Waals surface area contributed by atoms with Gasteiger partial charge in [-0.15, -0.1) is 0 Å². The van der Waals surface area contributed by atoms with Gasteiger partial charge in [0.25, 0.3) is 0 Å². The Bertz CT molecular complexity index is 374. The van der Waals surface area contributed by atoms with Crippen LogP contribution in [0.15, 0.2) is 0 Å². The maximum Gasteiger partial charge on any atom is 0.513 e. The minimum Gasteiger partial charge on any atom is -0.449 e. The molecule has 3 unspecified atom stereocenters. The van der Waals surface area contributed by atoms with Gasteiger partial charge in [0.1, 0.15) is 0 Å². The van der Waals surface area contributed by atoms with Gasteiger partial charge in [-0.05, 0) is 41.9 Å². The highest BCUT2D eigenvalue weighted by molar-refractivity contribution is 5.82. The van der Waals surface area contributed by atoms with Crippen LogP contribution in [0.4, 0.5) is 4.79 Å². The molecule has 0 bridgehead atoms. The summed E-state index contributed by atoms with van der Waals surface area (Å²) in [6.07, 6.45) is 1.00. The van der Waals surface area contributed by atoms with Crippen LogP contribution >= 0.6 is 0 Å². The molecule has 0 saturated carbocycles. The van der Waals surface area contributed by atoms with E-state index in [1.165, 1.54) is 0 Å². The molecule has 4 nitrogen and oxygen atoms in total. The maximum absolute atomic E-state index is 12.2. The molecule has 22 heavy (non-hydrogen) atoms. The number of rotatable bonds is 6. The second kappa shape index (κ2) is 7.98. The van der Waals surface area contributed by atoms with Gasteiger partial charge in [-0.3, -0.25) is 4.79 Å². The predicted octanol–water partition coefficient (Wildman–Crippen LogP) is 5.36. The third-order valence-electron chi connectivity index (χ3n) is 3.73. The number of carbonyl (C=O) groups is 2. The van der Waals surface area contributed by atoms with Gasteiger partial charge < -0.3 is 9.84 Å². The Morgan fingerprint density at radius 1 is 0.955 bits per heavy atom. The summed E-state index contributed by atoms with van der Waals surface area (Å²) in [5.74, 6) is -0.541. The van der Waals surface area contributed by atoms with Crippen molar-refractivity contribution >= 4 is 12.1 Å². The van der Waals surface area contributed by atoms with E-state index in [4.69, 9.17) is 5.11 Å². The first kappa shape index (κ1) is 20.9. The number of carbonyl (C=O) groups excluding carboxylic acids is 1. The fourth-order valence-electron chi connectivity index (χ4n) is 3.39. The summed E-state index contributed by atoms with van der Waals surface area (Å²) in [4.78, 5) is 22.9. The molecule has 0 radical (unpaired) electrons. The van der Waals surface area contributed by atoms with Crippen molar-refractivity contribution in [3.8, 4) is 0 Å². The zero-order chi connectivity index (χ0) is 17.7. The summed E-state index contributed by atoms with van der Waals surface area (Å²) in [5, 5.41) is 8.72. The van der Waals surface area contributed by atoms with E-state index >= 15 is 0 Å². The Kier molecular flexibility index (Phi) is 7.60. The number of hydrogen-bond acceptors (Lipinski definition) is 3. The Morgan fingerprint density at radius 3 is 1.77 bits per heavy atom. The van der Waals surface area contributed by atoms with E-state index in [0.29, 0.717) is 12.3 Å². The molecule has 0 spiro atoms. The number of esters is 1. The molecule has 4 heteroatoms. The van der Waals surface area contributed by atoms with Crippen molar-refractivity contribution in [2.45, 2.75) is 74.7 Å². The quantitative estimate of drug-likeness (QED) is 0.529. The van der Waals surface area contributed by atoms with Gasteiger partial charge in [0.2, 0.25) is 0 Å². The lowest BCUT2D eigenvalue weighted by molar-refractivity contribution is -0.146. The topological polar surface area (TPSA) is 63.6 Å². The summed E-state index contributed by atoms with van der Waals surface area (Å²) in [5.41, 5.74) is 0.280. The molecule has 0 aromatic rings. The second-order valence-corrected chi connectivity index (χ2v) is 9.14. The molecule has 0 aliphatic heterocycles. The van der Waals surface area contributed by atoms with Crippen molar-refractivity contribution < 1.29 is 19.4 Å². The molecule has 0 heterocycles. The van der Waals surface area contributed by atoms with Gasteiger partial charge >= 0.3 is 12.1 Å². The standard InChI is InChI=1S/C18H34O4/c1-12(10-17(3,4)5)9-14(15(19)22-16(20)21)13(2)11-18(6,7)8/h12-14H,9-11H2,1-8H3,(H,20,21). The molecule has 3 atom stereocenters. The fraction of sp³-hybridized carbons (Fsp3) is 0.889. The van der Waals surface area contributed by atoms with Crippen LogP contribution in [0.1, 0.15) is 74.7 Å². The van der Waals surface area contributed by atoms with Crippen molar-refractivity contribution in [2.24, 2.45) is 28.6 Å². The molecule has 0 aliphatic carbocycles. The van der Waals surface area contributed by atoms with Crippen LogP contribution in [-0.4, -0.2) is 17.2 Å². The minimum atomic E-state index is -1.51. The van der Waals surface area contributed by atoms with Crippen LogP contribution in [-0.2, 0) is 9.53 Å². The molecule has 0 amide bonds. The summed E-state index contributed by atoms with van der Waals surface area (Å²) >= 11 is 0. The second-order valence-electron chi connectivity index (χ2n) is 9.14. The van der Waals surface area contributed by atoms with Gasteiger partial charge in [0.05, 0.1) is 5.92 Å². The highest BCUT2D eigenvalue weighted by atomic mass is 16.7. The first-order valence-corrected chi connectivity index (χ1v) is 8.16. The smallest absolute Gasteiger partial charge is 0.449 e. The number of hydrogen-bond donors (Lipinski definition) is 1. The van der Waals surface area contributed by atoms with Crippen molar-refractivity contribution in [3.05, 3.63) is 0 Å². The Balaban J connectivity index is 5.00. The summed E-state index contributed by atoms with van der Waals surface area (Å²) in [6.45, 7) is 17.0. The van der Waals surface area contributed by atoms with Crippen molar-refractivity contribution in [2.75, 3.05) is 0 Å². The van der Waals surface area contributed by atoms with E-state index in [2.05, 4.69) is 53.2 Å². The molecular weight excluding hydrogens is 280 g/mol. The molecule has 0 aromatic carbocycles. The van der Waals surface area contributed by atoms with Crippen LogP contribution < -0.4 is 0 Å². The first-order valence-electron chi connectivity index (χ1n) is 8.16. The zero-order valence-corrected chi connectivity index (χ0v) is 15.5. The van der Waals surface area contributed by atoms with Crippen LogP contribution in [0.25, 0.3) is 0 Å². The lowest BCUT2D eigenvalue weighted by atomic mass is 9.74. The van der Waals surface area contributed by atoms with E-state index in [1.54, 1.807) is 0 Å². The largest absolute Gasteiger partial charge is 0.513 e. The van der Waals surface area contributed by atoms with Crippen LogP contribution in [0, 0.1) is 28.6 Å². The number of carboxylic acid groups (broad SMARTS) is 1. The SMILES string of the molecule is CC(CC(C(=O)OC(=O)O)C(C)CC(C)(C)C)CC(C)(C)C. The third-order valence-corrected chi connectivity index (χ3v) is 3.73. The van der Waals surface area contributed by atoms with E-state index in [9.17, 15) is 9.59 Å². The highest BCUT2D eigenvalue weighted by Gasteiger charge is 2.33. The van der Waals surface area contributed by atoms with Gasteiger partial charge in [0.15, 0.2) is 0 Å². The fourth-order valence-corrected chi connectivity index (χ4v) is 3.39. The highest BCUT2D eigenvalue weighted by Crippen LogP contribution is 2.35. The normalized spacial score (nSPS) is 16.7. The summed E-state index contributed by atoms with van der Waals surface area (Å²) in [7, 11) is 0. The molecule has 0 saturated heterocycles. The molecule has 0 aromatic heterocycles. The maximum atomic E-state index is 12.2. The lowest BCUT2D eigenvalue weighted by Gasteiger charge is -2.31. The molecular formula is C18H34O4. The van der Waals surface area contributed by atoms with Gasteiger partial charge in [-0.25, -0.2) is 4.79 Å². The van der Waals surface area contributed by atoms with Crippen molar-refractivity contribution in [1.82, 2.24) is 0 Å². The average molecular weight is 314 g/mol. The summed E-state index contributed by atoms with van der Waals surface area (Å²) < 4.78 is 4.46. The molecule has 0 fully saturated rings. The third kappa shape index (κ3) is 9.80. The average Bonchev–Trinajstić information content (AvgIpc) is 2.19. The Labute approximate surface area is 135 Å². The van der Waals surface area contributed by atoms with Crippen molar-refractivity contribution in [3.63, 3.8) is 0 Å². The first-order chi connectivity index (χ1) is 9.71. The van der Waals surface area contributed by atoms with E-state index in [-0.39, 0.29) is 22.7 Å². The van der Waals surface area contributed by atoms with Crippen LogP contribution in [0.5, 0.6) is 0 Å². The van der Waals surface area contributed by atoms with Gasteiger partial charge in [0, 0.05) is 0 Å². The molecule has 0 rings (SSSR count). The number of ether oxygens (including phenoxy) is 1. The monoisotopic (exact) mass is 314 g/mol. The zero-order valence-electron chi connectivity index (χ0n) is 15.5. The Hall–Kier alpha value is -1.06. The van der Waals surface area contributed by atoms with Gasteiger partial charge in [-0.2, -0.15) is 0 Å². The van der Waals surface area contributed by atoms with Crippen LogP contribution in [0.3, 0.4) is 0 Å². The van der Waals surface area contributed by atoms with E-state index in [0.717, 1.165) is 12.8 Å². The lowest BCUT2D eigenvalue weighted by Crippen LogP contribution is -2.30.